The Balaban J connectivity index is 2.10. The fraction of sp³-hybridized carbons (Fsp3) is 0.733. The van der Waals surface area contributed by atoms with E-state index in [1.807, 2.05) is 6.20 Å². The molecule has 0 N–H and O–H groups in total. The molecule has 1 saturated carbocycles. The molecule has 4 nitrogen and oxygen atoms in total. The van der Waals surface area contributed by atoms with E-state index < -0.39 is 0 Å². The summed E-state index contributed by atoms with van der Waals surface area (Å²) in [7, 11) is 0. The van der Waals surface area contributed by atoms with Crippen molar-refractivity contribution in [3.05, 3.63) is 12.4 Å². The number of ether oxygens (including phenoxy) is 1. The second-order valence-corrected chi connectivity index (χ2v) is 5.62. The van der Waals surface area contributed by atoms with Gasteiger partial charge in [0.25, 0.3) is 0 Å². The zero-order chi connectivity index (χ0) is 14.2. The molecule has 0 bridgehead atoms. The van der Waals surface area contributed by atoms with Gasteiger partial charge in [-0.05, 0) is 19.3 Å². The van der Waals surface area contributed by atoms with Gasteiger partial charge in [-0.3, -0.25) is 4.98 Å². The highest BCUT2D eigenvalue weighted by Crippen LogP contribution is 2.26. The number of hydrogen-bond acceptors (Lipinski definition) is 4. The molecule has 0 unspecified atom stereocenters. The van der Waals surface area contributed by atoms with Crippen molar-refractivity contribution in [2.24, 2.45) is 0 Å². The van der Waals surface area contributed by atoms with Crippen molar-refractivity contribution in [1.29, 1.82) is 0 Å². The largest absolute Gasteiger partial charge is 0.477 e. The van der Waals surface area contributed by atoms with Crippen LogP contribution in [0, 0.1) is 0 Å². The van der Waals surface area contributed by atoms with Crippen molar-refractivity contribution in [1.82, 2.24) is 9.97 Å². The molecule has 0 spiro atoms. The van der Waals surface area contributed by atoms with E-state index in [4.69, 9.17) is 16.3 Å². The summed E-state index contributed by atoms with van der Waals surface area (Å²) >= 11 is 5.97. The van der Waals surface area contributed by atoms with Gasteiger partial charge < -0.3 is 9.64 Å². The van der Waals surface area contributed by atoms with Crippen LogP contribution in [0.5, 0.6) is 5.88 Å². The highest BCUT2D eigenvalue weighted by molar-refractivity contribution is 6.18. The first-order valence-corrected chi connectivity index (χ1v) is 8.16. The van der Waals surface area contributed by atoms with E-state index in [1.165, 1.54) is 32.1 Å². The van der Waals surface area contributed by atoms with Crippen molar-refractivity contribution in [2.75, 3.05) is 23.9 Å². The maximum absolute atomic E-state index is 5.97. The minimum atomic E-state index is 0.540. The van der Waals surface area contributed by atoms with Gasteiger partial charge >= 0.3 is 0 Å². The Labute approximate surface area is 126 Å². The molecule has 1 aliphatic carbocycles. The number of rotatable bonds is 7. The van der Waals surface area contributed by atoms with Gasteiger partial charge in [0.05, 0.1) is 19.0 Å². The van der Waals surface area contributed by atoms with Crippen molar-refractivity contribution in [2.45, 2.75) is 51.5 Å². The molecule has 20 heavy (non-hydrogen) atoms. The van der Waals surface area contributed by atoms with Gasteiger partial charge in [-0.2, -0.15) is 4.98 Å². The molecule has 1 aliphatic rings. The molecule has 0 aromatic carbocycles. The highest BCUT2D eigenvalue weighted by atomic mass is 35.5. The Morgan fingerprint density at radius 1 is 1.30 bits per heavy atom. The van der Waals surface area contributed by atoms with E-state index in [0.717, 1.165) is 18.8 Å². The summed E-state index contributed by atoms with van der Waals surface area (Å²) in [5.41, 5.74) is 0. The molecule has 1 fully saturated rings. The average molecular weight is 298 g/mol. The first-order valence-electron chi connectivity index (χ1n) is 7.62. The van der Waals surface area contributed by atoms with Crippen LogP contribution >= 0.6 is 11.6 Å². The van der Waals surface area contributed by atoms with Crippen LogP contribution in [-0.4, -0.2) is 35.0 Å². The third-order valence-electron chi connectivity index (χ3n) is 3.69. The Hall–Kier alpha value is -1.03. The lowest BCUT2D eigenvalue weighted by Crippen LogP contribution is -2.38. The van der Waals surface area contributed by atoms with Crippen molar-refractivity contribution < 1.29 is 4.74 Å². The third kappa shape index (κ3) is 4.23. The number of aromatic nitrogens is 2. The zero-order valence-corrected chi connectivity index (χ0v) is 13.0. The maximum atomic E-state index is 5.97. The molecule has 0 radical (unpaired) electrons. The zero-order valence-electron chi connectivity index (χ0n) is 12.2. The van der Waals surface area contributed by atoms with Gasteiger partial charge in [-0.1, -0.05) is 26.2 Å². The SMILES string of the molecule is CCCOc1cncc(N(CCCl)C2CCCCC2)n1. The number of hydrogen-bond donors (Lipinski definition) is 0. The van der Waals surface area contributed by atoms with Gasteiger partial charge in [0.1, 0.15) is 0 Å². The van der Waals surface area contributed by atoms with Crippen molar-refractivity contribution in [3.8, 4) is 5.88 Å². The first-order chi connectivity index (χ1) is 9.85. The molecular weight excluding hydrogens is 274 g/mol. The van der Waals surface area contributed by atoms with Crippen LogP contribution in [-0.2, 0) is 0 Å². The van der Waals surface area contributed by atoms with Crippen LogP contribution in [0.1, 0.15) is 45.4 Å². The van der Waals surface area contributed by atoms with Crippen LogP contribution in [0.25, 0.3) is 0 Å². The first kappa shape index (κ1) is 15.4. The van der Waals surface area contributed by atoms with Crippen LogP contribution in [0.3, 0.4) is 0 Å². The molecule has 1 heterocycles. The van der Waals surface area contributed by atoms with Crippen molar-refractivity contribution in [3.63, 3.8) is 0 Å². The van der Waals surface area contributed by atoms with E-state index in [1.54, 1.807) is 6.20 Å². The Morgan fingerprint density at radius 3 is 2.80 bits per heavy atom. The van der Waals surface area contributed by atoms with Gasteiger partial charge in [-0.15, -0.1) is 11.6 Å². The van der Waals surface area contributed by atoms with Crippen LogP contribution in [0.15, 0.2) is 12.4 Å². The molecule has 0 atom stereocenters. The monoisotopic (exact) mass is 297 g/mol. The van der Waals surface area contributed by atoms with Gasteiger partial charge in [0.15, 0.2) is 5.82 Å². The second kappa shape index (κ2) is 8.30. The average Bonchev–Trinajstić information content (AvgIpc) is 2.52. The van der Waals surface area contributed by atoms with Crippen LogP contribution in [0.4, 0.5) is 5.82 Å². The summed E-state index contributed by atoms with van der Waals surface area (Å²) in [6.45, 7) is 3.58. The van der Waals surface area contributed by atoms with Gasteiger partial charge in [0.2, 0.25) is 5.88 Å². The summed E-state index contributed by atoms with van der Waals surface area (Å²) in [6, 6.07) is 0.540. The van der Waals surface area contributed by atoms with E-state index in [-0.39, 0.29) is 0 Å². The number of nitrogens with zero attached hydrogens (tertiary/aromatic N) is 3. The lowest BCUT2D eigenvalue weighted by atomic mass is 9.94. The molecule has 112 valence electrons. The number of alkyl halides is 1. The standard InChI is InChI=1S/C15H24ClN3O/c1-2-10-20-15-12-17-11-14(18-15)19(9-8-16)13-6-4-3-5-7-13/h11-13H,2-10H2,1H3. The van der Waals surface area contributed by atoms with Crippen LogP contribution in [0.2, 0.25) is 0 Å². The second-order valence-electron chi connectivity index (χ2n) is 5.24. The van der Waals surface area contributed by atoms with E-state index >= 15 is 0 Å². The molecule has 0 amide bonds. The molecule has 0 saturated heterocycles. The predicted octanol–water partition coefficient (Wildman–Crippen LogP) is 3.64. The fourth-order valence-corrected chi connectivity index (χ4v) is 2.90. The molecule has 1 aromatic heterocycles. The summed E-state index contributed by atoms with van der Waals surface area (Å²) in [6.07, 6.45) is 10.8. The Morgan fingerprint density at radius 2 is 2.10 bits per heavy atom. The quantitative estimate of drug-likeness (QED) is 0.720. The molecular formula is C15H24ClN3O. The number of anilines is 1. The molecule has 0 aliphatic heterocycles. The minimum absolute atomic E-state index is 0.540. The van der Waals surface area contributed by atoms with E-state index in [9.17, 15) is 0 Å². The number of halogens is 1. The summed E-state index contributed by atoms with van der Waals surface area (Å²) in [4.78, 5) is 11.2. The lowest BCUT2D eigenvalue weighted by Gasteiger charge is -2.34. The third-order valence-corrected chi connectivity index (χ3v) is 3.86. The lowest BCUT2D eigenvalue weighted by molar-refractivity contribution is 0.303. The summed E-state index contributed by atoms with van der Waals surface area (Å²) in [5, 5.41) is 0. The molecule has 5 heteroatoms. The minimum Gasteiger partial charge on any atom is -0.477 e. The topological polar surface area (TPSA) is 38.2 Å². The van der Waals surface area contributed by atoms with E-state index in [2.05, 4.69) is 21.8 Å². The molecule has 1 aromatic rings. The summed E-state index contributed by atoms with van der Waals surface area (Å²) < 4.78 is 5.58. The summed E-state index contributed by atoms with van der Waals surface area (Å²) in [5.74, 6) is 2.11. The predicted molar refractivity (Wildman–Crippen MR) is 82.8 cm³/mol. The molecule has 2 rings (SSSR count). The normalized spacial score (nSPS) is 16.1. The maximum Gasteiger partial charge on any atom is 0.234 e. The van der Waals surface area contributed by atoms with Crippen LogP contribution < -0.4 is 9.64 Å². The highest BCUT2D eigenvalue weighted by Gasteiger charge is 2.22. The fourth-order valence-electron chi connectivity index (χ4n) is 2.72. The Kier molecular flexibility index (Phi) is 6.37. The van der Waals surface area contributed by atoms with Gasteiger partial charge in [-0.25, -0.2) is 0 Å². The van der Waals surface area contributed by atoms with Crippen molar-refractivity contribution >= 4 is 17.4 Å². The Bertz CT molecular complexity index is 396. The van der Waals surface area contributed by atoms with Gasteiger partial charge in [0, 0.05) is 18.5 Å². The van der Waals surface area contributed by atoms with E-state index in [0.29, 0.717) is 24.4 Å². The smallest absolute Gasteiger partial charge is 0.234 e.